The van der Waals surface area contributed by atoms with E-state index in [1.807, 2.05) is 53.3 Å². The number of benzene rings is 4. The molecule has 6 aromatic rings. The molecule has 3 fully saturated rings. The van der Waals surface area contributed by atoms with E-state index in [0.717, 1.165) is 52.2 Å². The molecule has 2 unspecified atom stereocenters. The van der Waals surface area contributed by atoms with Crippen molar-refractivity contribution in [3.8, 4) is 11.4 Å². The maximum Gasteiger partial charge on any atom is 0.433 e. The number of halogens is 5. The molecule has 4 aromatic carbocycles. The standard InChI is InChI=1S/C29H32ClN3O4.C26H25ClF3N3O4/c30-22-7-2-6-21(18-22)24-8-3-17-32(24)29(37)28(36)27(35)26(34)14-11-19-9-12-23(13-10-19)33-25(15-16-31-33)20-4-1-5-20;27-18-4-1-3-17(15-18)20-5-2-14-32(20)25(37)24(36)23(35)21(34)11-8-16-6-9-19(10-7-16)33-22(12-13-31-33)26(28,29)30/h2,6-7,9-10,12-13,15-16,18,20,24,27-28,35-36H,1,3-5,8,11,14,17H2;1,3-4,6-7,9-10,12-13,15,20,23-24,35-36H,2,5,8,11,14H2/t24?,27-,28+;20?,23-,24+/m00/s1. The third kappa shape index (κ3) is 12.6. The number of likely N-dealkylation sites (tertiary alicyclic amines) is 2. The molecule has 6 atom stereocenters. The summed E-state index contributed by atoms with van der Waals surface area (Å²) in [4.78, 5) is 54.1. The lowest BCUT2D eigenvalue weighted by Crippen LogP contribution is -2.47. The van der Waals surface area contributed by atoms with Gasteiger partial charge in [0, 0.05) is 53.8 Å². The van der Waals surface area contributed by atoms with Crippen LogP contribution in [0.15, 0.2) is 122 Å². The van der Waals surface area contributed by atoms with E-state index in [-0.39, 0.29) is 37.0 Å². The Balaban J connectivity index is 0.000000197. The van der Waals surface area contributed by atoms with Crippen LogP contribution >= 0.6 is 23.2 Å². The number of aromatic nitrogens is 4. The van der Waals surface area contributed by atoms with Crippen LogP contribution in [0.1, 0.15) is 109 Å². The maximum atomic E-state index is 13.1. The summed E-state index contributed by atoms with van der Waals surface area (Å²) in [5.74, 6) is -2.06. The number of hydrogen-bond acceptors (Lipinski definition) is 10. The van der Waals surface area contributed by atoms with E-state index in [4.69, 9.17) is 23.2 Å². The van der Waals surface area contributed by atoms with Crippen molar-refractivity contribution in [1.29, 1.82) is 0 Å². The lowest BCUT2D eigenvalue weighted by atomic mass is 9.83. The van der Waals surface area contributed by atoms with Gasteiger partial charge in [-0.1, -0.05) is 78.2 Å². The second kappa shape index (κ2) is 24.0. The smallest absolute Gasteiger partial charge is 0.382 e. The highest BCUT2D eigenvalue weighted by Gasteiger charge is 2.40. The molecule has 390 valence electrons. The van der Waals surface area contributed by atoms with Gasteiger partial charge in [0.2, 0.25) is 0 Å². The molecule has 0 radical (unpaired) electrons. The summed E-state index contributed by atoms with van der Waals surface area (Å²) in [6.07, 6.45) is -2.07. The molecule has 4 N–H and O–H groups in total. The van der Waals surface area contributed by atoms with Gasteiger partial charge < -0.3 is 30.2 Å². The van der Waals surface area contributed by atoms with E-state index in [0.29, 0.717) is 53.9 Å². The largest absolute Gasteiger partial charge is 0.433 e. The number of aliphatic hydroxyl groups is 4. The van der Waals surface area contributed by atoms with Crippen molar-refractivity contribution in [2.45, 2.75) is 119 Å². The Morgan fingerprint density at radius 3 is 1.45 bits per heavy atom. The Morgan fingerprint density at radius 1 is 0.568 bits per heavy atom. The number of Topliss-reactive ketones (excluding diaryl/α,β-unsaturated/α-hetero) is 2. The van der Waals surface area contributed by atoms with Crippen LogP contribution in [0.2, 0.25) is 10.0 Å². The van der Waals surface area contributed by atoms with E-state index in [2.05, 4.69) is 16.3 Å². The van der Waals surface area contributed by atoms with Crippen molar-refractivity contribution in [2.24, 2.45) is 0 Å². The topological polar surface area (TPSA) is 191 Å². The highest BCUT2D eigenvalue weighted by atomic mass is 35.5. The number of amides is 2. The highest BCUT2D eigenvalue weighted by molar-refractivity contribution is 6.30. The SMILES string of the molecule is O=C(CCc1ccc(-n2nccc2C(F)(F)F)cc1)[C@H](O)[C@@H](O)C(=O)N1CCCC1c1cccc(Cl)c1.O=C(CCc1ccc(-n2nccc2C2CCC2)cc1)[C@H](O)[C@@H](O)C(=O)N1CCCC1c1cccc(Cl)c1. The molecule has 74 heavy (non-hydrogen) atoms. The van der Waals surface area contributed by atoms with Crippen LogP contribution in [0.5, 0.6) is 0 Å². The van der Waals surface area contributed by atoms with Crippen molar-refractivity contribution in [2.75, 3.05) is 13.1 Å². The highest BCUT2D eigenvalue weighted by Crippen LogP contribution is 2.38. The molecule has 0 spiro atoms. The Bertz CT molecular complexity index is 2910. The average molecular weight is 1060 g/mol. The van der Waals surface area contributed by atoms with E-state index < -0.39 is 59.7 Å². The summed E-state index contributed by atoms with van der Waals surface area (Å²) in [5, 5.41) is 51.2. The zero-order valence-electron chi connectivity index (χ0n) is 40.3. The number of hydrogen-bond donors (Lipinski definition) is 4. The first-order valence-corrected chi connectivity index (χ1v) is 25.5. The summed E-state index contributed by atoms with van der Waals surface area (Å²) in [5.41, 5.74) is 4.75. The molecule has 0 bridgehead atoms. The van der Waals surface area contributed by atoms with Crippen LogP contribution < -0.4 is 0 Å². The zero-order chi connectivity index (χ0) is 52.7. The number of carbonyl (C=O) groups is 4. The predicted molar refractivity (Wildman–Crippen MR) is 270 cm³/mol. The zero-order valence-corrected chi connectivity index (χ0v) is 41.8. The van der Waals surface area contributed by atoms with E-state index >= 15 is 0 Å². The molecule has 2 aliphatic heterocycles. The fraction of sp³-hybridized carbons (Fsp3) is 0.382. The van der Waals surface area contributed by atoms with Crippen molar-refractivity contribution >= 4 is 46.6 Å². The molecule has 14 nitrogen and oxygen atoms in total. The molecule has 4 heterocycles. The monoisotopic (exact) mass is 1060 g/mol. The number of ketones is 2. The van der Waals surface area contributed by atoms with Crippen molar-refractivity contribution in [3.63, 3.8) is 0 Å². The summed E-state index contributed by atoms with van der Waals surface area (Å²) in [7, 11) is 0. The Morgan fingerprint density at radius 2 is 1.01 bits per heavy atom. The Kier molecular flexibility index (Phi) is 17.5. The Labute approximate surface area is 435 Å². The van der Waals surface area contributed by atoms with Gasteiger partial charge in [-0.15, -0.1) is 0 Å². The van der Waals surface area contributed by atoms with E-state index in [9.17, 15) is 52.8 Å². The second-order valence-corrected chi connectivity index (χ2v) is 19.8. The minimum absolute atomic E-state index is 0.0255. The lowest BCUT2D eigenvalue weighted by Gasteiger charge is -2.28. The molecular formula is C55H57Cl2F3N6O8. The Hall–Kier alpha value is -6.21. The van der Waals surface area contributed by atoms with Gasteiger partial charge in [-0.3, -0.25) is 19.2 Å². The van der Waals surface area contributed by atoms with Gasteiger partial charge >= 0.3 is 6.18 Å². The fourth-order valence-corrected chi connectivity index (χ4v) is 10.2. The van der Waals surface area contributed by atoms with Crippen LogP contribution in [-0.4, -0.2) is 111 Å². The minimum atomic E-state index is -4.56. The predicted octanol–water partition coefficient (Wildman–Crippen LogP) is 8.51. The summed E-state index contributed by atoms with van der Waals surface area (Å²) >= 11 is 12.2. The lowest BCUT2D eigenvalue weighted by molar-refractivity contribution is -0.153. The first-order valence-electron chi connectivity index (χ1n) is 24.7. The molecule has 2 amide bonds. The van der Waals surface area contributed by atoms with Crippen LogP contribution in [-0.2, 0) is 38.2 Å². The molecule has 2 saturated heterocycles. The van der Waals surface area contributed by atoms with Crippen LogP contribution in [0.3, 0.4) is 0 Å². The minimum Gasteiger partial charge on any atom is -0.382 e. The van der Waals surface area contributed by atoms with Gasteiger partial charge in [-0.2, -0.15) is 23.4 Å². The third-order valence-electron chi connectivity index (χ3n) is 14.1. The van der Waals surface area contributed by atoms with Gasteiger partial charge in [0.15, 0.2) is 23.8 Å². The molecule has 3 aliphatic rings. The fourth-order valence-electron chi connectivity index (χ4n) is 9.85. The quantitative estimate of drug-likeness (QED) is 0.0689. The molecule has 1 aliphatic carbocycles. The van der Waals surface area contributed by atoms with Crippen molar-refractivity contribution in [1.82, 2.24) is 29.4 Å². The maximum absolute atomic E-state index is 13.1. The van der Waals surface area contributed by atoms with Crippen LogP contribution in [0.25, 0.3) is 11.4 Å². The number of nitrogens with zero attached hydrogens (tertiary/aromatic N) is 6. The van der Waals surface area contributed by atoms with Gasteiger partial charge in [-0.25, -0.2) is 9.36 Å². The summed E-state index contributed by atoms with van der Waals surface area (Å²) in [6, 6.07) is 30.6. The molecule has 9 rings (SSSR count). The molecular weight excluding hydrogens is 1000 g/mol. The second-order valence-electron chi connectivity index (χ2n) is 19.0. The number of rotatable bonds is 17. The molecule has 1 saturated carbocycles. The molecule has 2 aromatic heterocycles. The average Bonchev–Trinajstić information content (AvgIpc) is 4.24. The summed E-state index contributed by atoms with van der Waals surface area (Å²) < 4.78 is 42.1. The van der Waals surface area contributed by atoms with Gasteiger partial charge in [-0.05, 0) is 134 Å². The number of carbonyl (C=O) groups excluding carboxylic acids is 4. The molecule has 19 heteroatoms. The van der Waals surface area contributed by atoms with E-state index in [1.54, 1.807) is 47.4 Å². The normalized spacial score (nSPS) is 18.5. The van der Waals surface area contributed by atoms with Crippen molar-refractivity contribution < 1.29 is 52.8 Å². The first kappa shape index (κ1) is 54.1. The van der Waals surface area contributed by atoms with Crippen LogP contribution in [0.4, 0.5) is 13.2 Å². The van der Waals surface area contributed by atoms with Crippen molar-refractivity contribution in [3.05, 3.63) is 165 Å². The summed E-state index contributed by atoms with van der Waals surface area (Å²) in [6.45, 7) is 0.839. The van der Waals surface area contributed by atoms with Crippen LogP contribution in [0, 0.1) is 0 Å². The van der Waals surface area contributed by atoms with Gasteiger partial charge in [0.05, 0.1) is 29.7 Å². The number of aliphatic hydroxyl groups excluding tert-OH is 4. The van der Waals surface area contributed by atoms with Gasteiger partial charge in [0.1, 0.15) is 17.9 Å². The van der Waals surface area contributed by atoms with Gasteiger partial charge in [0.25, 0.3) is 11.8 Å². The number of alkyl halides is 3. The first-order chi connectivity index (χ1) is 35.5. The number of aryl methyl sites for hydroxylation is 2. The van der Waals surface area contributed by atoms with E-state index in [1.165, 1.54) is 42.0 Å². The third-order valence-corrected chi connectivity index (χ3v) is 14.6.